The molecule has 0 saturated heterocycles. The van der Waals surface area contributed by atoms with E-state index in [0.29, 0.717) is 12.5 Å². The zero-order valence-corrected chi connectivity index (χ0v) is 14.2. The van der Waals surface area contributed by atoms with E-state index in [-0.39, 0.29) is 30.7 Å². The Labute approximate surface area is 139 Å². The smallest absolute Gasteiger partial charge is 0.303 e. The van der Waals surface area contributed by atoms with Crippen LogP contribution in [0, 0.1) is 11.8 Å². The highest BCUT2D eigenvalue weighted by atomic mass is 35.5. The standard InChI is InChI=1S/C16H30N2O3.ClH/c17-12-13-8-5-6-9-14(13)16(21)18-11-7-3-1-2-4-10-15(19)20;/h13-14H,1-12,17H2,(H,18,21)(H,19,20);1H. The van der Waals surface area contributed by atoms with Gasteiger partial charge in [0.2, 0.25) is 5.91 Å². The first-order valence-corrected chi connectivity index (χ1v) is 8.34. The van der Waals surface area contributed by atoms with Crippen LogP contribution >= 0.6 is 12.4 Å². The first kappa shape index (κ1) is 21.2. The lowest BCUT2D eigenvalue weighted by Gasteiger charge is -2.29. The molecule has 0 bridgehead atoms. The second-order valence-corrected chi connectivity index (χ2v) is 6.09. The van der Waals surface area contributed by atoms with Crippen LogP contribution in [0.3, 0.4) is 0 Å². The molecule has 0 aliphatic heterocycles. The lowest BCUT2D eigenvalue weighted by Crippen LogP contribution is -2.39. The minimum Gasteiger partial charge on any atom is -0.481 e. The number of unbranched alkanes of at least 4 members (excludes halogenated alkanes) is 4. The van der Waals surface area contributed by atoms with Crippen molar-refractivity contribution in [1.82, 2.24) is 5.32 Å². The molecule has 6 heteroatoms. The number of halogens is 1. The Morgan fingerprint density at radius 1 is 1.05 bits per heavy atom. The summed E-state index contributed by atoms with van der Waals surface area (Å²) in [6, 6.07) is 0. The van der Waals surface area contributed by atoms with Crippen molar-refractivity contribution in [3.05, 3.63) is 0 Å². The van der Waals surface area contributed by atoms with Crippen molar-refractivity contribution in [3.63, 3.8) is 0 Å². The molecule has 0 aromatic heterocycles. The number of hydrogen-bond acceptors (Lipinski definition) is 3. The maximum atomic E-state index is 12.1. The Morgan fingerprint density at radius 2 is 1.68 bits per heavy atom. The van der Waals surface area contributed by atoms with Crippen LogP contribution in [0.4, 0.5) is 0 Å². The van der Waals surface area contributed by atoms with Crippen LogP contribution in [0.5, 0.6) is 0 Å². The molecule has 2 unspecified atom stereocenters. The molecule has 130 valence electrons. The lowest BCUT2D eigenvalue weighted by molar-refractivity contribution is -0.137. The molecular formula is C16H31ClN2O3. The van der Waals surface area contributed by atoms with Gasteiger partial charge in [0.25, 0.3) is 0 Å². The van der Waals surface area contributed by atoms with Gasteiger partial charge in [-0.1, -0.05) is 32.1 Å². The third-order valence-electron chi connectivity index (χ3n) is 4.42. The second kappa shape index (κ2) is 12.7. The Morgan fingerprint density at radius 3 is 2.36 bits per heavy atom. The summed E-state index contributed by atoms with van der Waals surface area (Å²) in [6.45, 7) is 1.34. The normalized spacial score (nSPS) is 21.0. The predicted molar refractivity (Wildman–Crippen MR) is 90.1 cm³/mol. The van der Waals surface area contributed by atoms with E-state index in [0.717, 1.165) is 57.9 Å². The summed E-state index contributed by atoms with van der Waals surface area (Å²) in [6.07, 6.45) is 9.42. The average Bonchev–Trinajstić information content (AvgIpc) is 2.49. The summed E-state index contributed by atoms with van der Waals surface area (Å²) < 4.78 is 0. The fraction of sp³-hybridized carbons (Fsp3) is 0.875. The fourth-order valence-electron chi connectivity index (χ4n) is 3.11. The first-order valence-electron chi connectivity index (χ1n) is 8.34. The van der Waals surface area contributed by atoms with Gasteiger partial charge < -0.3 is 16.2 Å². The lowest BCUT2D eigenvalue weighted by atomic mass is 9.79. The van der Waals surface area contributed by atoms with Gasteiger partial charge in [-0.3, -0.25) is 9.59 Å². The minimum absolute atomic E-state index is 0. The zero-order chi connectivity index (χ0) is 15.5. The summed E-state index contributed by atoms with van der Waals surface area (Å²) in [5.41, 5.74) is 5.75. The van der Waals surface area contributed by atoms with Gasteiger partial charge in [0.15, 0.2) is 0 Å². The molecule has 0 spiro atoms. The molecule has 22 heavy (non-hydrogen) atoms. The summed E-state index contributed by atoms with van der Waals surface area (Å²) in [4.78, 5) is 22.5. The molecule has 1 amide bonds. The molecular weight excluding hydrogens is 304 g/mol. The molecule has 0 aromatic rings. The first-order chi connectivity index (χ1) is 10.1. The van der Waals surface area contributed by atoms with Crippen molar-refractivity contribution in [2.75, 3.05) is 13.1 Å². The van der Waals surface area contributed by atoms with E-state index in [1.54, 1.807) is 0 Å². The SMILES string of the molecule is Cl.NCC1CCCCC1C(=O)NCCCCCCCC(=O)O. The van der Waals surface area contributed by atoms with Crippen molar-refractivity contribution in [3.8, 4) is 0 Å². The third-order valence-corrected chi connectivity index (χ3v) is 4.42. The number of nitrogens with one attached hydrogen (secondary N) is 1. The minimum atomic E-state index is -0.718. The molecule has 4 N–H and O–H groups in total. The Bertz CT molecular complexity index is 327. The number of carboxylic acid groups (broad SMARTS) is 1. The van der Waals surface area contributed by atoms with Crippen molar-refractivity contribution >= 4 is 24.3 Å². The van der Waals surface area contributed by atoms with Gasteiger partial charge in [0.05, 0.1) is 0 Å². The Balaban J connectivity index is 0.00000441. The second-order valence-electron chi connectivity index (χ2n) is 6.09. The van der Waals surface area contributed by atoms with E-state index in [2.05, 4.69) is 5.32 Å². The van der Waals surface area contributed by atoms with Gasteiger partial charge in [-0.25, -0.2) is 0 Å². The van der Waals surface area contributed by atoms with Crippen LogP contribution < -0.4 is 11.1 Å². The van der Waals surface area contributed by atoms with E-state index in [9.17, 15) is 9.59 Å². The van der Waals surface area contributed by atoms with Crippen LogP contribution in [-0.4, -0.2) is 30.1 Å². The third kappa shape index (κ3) is 8.59. The highest BCUT2D eigenvalue weighted by Crippen LogP contribution is 2.29. The molecule has 1 fully saturated rings. The molecule has 1 saturated carbocycles. The molecule has 2 atom stereocenters. The molecule has 1 aliphatic rings. The monoisotopic (exact) mass is 334 g/mol. The summed E-state index contributed by atoms with van der Waals surface area (Å²) >= 11 is 0. The Kier molecular flexibility index (Phi) is 12.2. The number of carboxylic acids is 1. The fourth-order valence-corrected chi connectivity index (χ4v) is 3.11. The van der Waals surface area contributed by atoms with Crippen LogP contribution in [0.25, 0.3) is 0 Å². The van der Waals surface area contributed by atoms with Gasteiger partial charge in [-0.2, -0.15) is 0 Å². The number of rotatable bonds is 10. The van der Waals surface area contributed by atoms with Gasteiger partial charge in [0.1, 0.15) is 0 Å². The largest absolute Gasteiger partial charge is 0.481 e. The van der Waals surface area contributed by atoms with E-state index < -0.39 is 5.97 Å². The average molecular weight is 335 g/mol. The maximum absolute atomic E-state index is 12.1. The van der Waals surface area contributed by atoms with Crippen molar-refractivity contribution in [2.24, 2.45) is 17.6 Å². The highest BCUT2D eigenvalue weighted by Gasteiger charge is 2.29. The maximum Gasteiger partial charge on any atom is 0.303 e. The molecule has 1 rings (SSSR count). The van der Waals surface area contributed by atoms with Crippen molar-refractivity contribution < 1.29 is 14.7 Å². The predicted octanol–water partition coefficient (Wildman–Crippen LogP) is 2.71. The number of carbonyl (C=O) groups is 2. The topological polar surface area (TPSA) is 92.4 Å². The van der Waals surface area contributed by atoms with Crippen LogP contribution in [0.2, 0.25) is 0 Å². The number of carbonyl (C=O) groups excluding carboxylic acids is 1. The highest BCUT2D eigenvalue weighted by molar-refractivity contribution is 5.85. The zero-order valence-electron chi connectivity index (χ0n) is 13.4. The van der Waals surface area contributed by atoms with Crippen LogP contribution in [-0.2, 0) is 9.59 Å². The van der Waals surface area contributed by atoms with Crippen molar-refractivity contribution in [1.29, 1.82) is 0 Å². The Hall–Kier alpha value is -0.810. The van der Waals surface area contributed by atoms with Gasteiger partial charge >= 0.3 is 5.97 Å². The van der Waals surface area contributed by atoms with Crippen LogP contribution in [0.15, 0.2) is 0 Å². The van der Waals surface area contributed by atoms with E-state index in [1.807, 2.05) is 0 Å². The van der Waals surface area contributed by atoms with Crippen molar-refractivity contribution in [2.45, 2.75) is 64.2 Å². The van der Waals surface area contributed by atoms with Gasteiger partial charge in [-0.15, -0.1) is 12.4 Å². The number of amides is 1. The number of aliphatic carboxylic acids is 1. The van der Waals surface area contributed by atoms with E-state index in [4.69, 9.17) is 10.8 Å². The van der Waals surface area contributed by atoms with Gasteiger partial charge in [-0.05, 0) is 38.1 Å². The number of hydrogen-bond donors (Lipinski definition) is 3. The molecule has 5 nitrogen and oxygen atoms in total. The van der Waals surface area contributed by atoms with E-state index >= 15 is 0 Å². The molecule has 0 aromatic carbocycles. The summed E-state index contributed by atoms with van der Waals surface area (Å²) in [5.74, 6) is -0.0747. The number of nitrogens with two attached hydrogens (primary N) is 1. The molecule has 0 radical (unpaired) electrons. The molecule has 1 aliphatic carbocycles. The van der Waals surface area contributed by atoms with E-state index in [1.165, 1.54) is 6.42 Å². The van der Waals surface area contributed by atoms with Gasteiger partial charge in [0, 0.05) is 18.9 Å². The summed E-state index contributed by atoms with van der Waals surface area (Å²) in [7, 11) is 0. The summed E-state index contributed by atoms with van der Waals surface area (Å²) in [5, 5.41) is 11.6. The quantitative estimate of drug-likeness (QED) is 0.535. The van der Waals surface area contributed by atoms with Crippen LogP contribution in [0.1, 0.15) is 64.2 Å². The molecule has 0 heterocycles.